The number of aromatic nitrogens is 4. The molecule has 0 saturated heterocycles. The number of carbonyl (C=O) groups is 1. The van der Waals surface area contributed by atoms with Gasteiger partial charge in [-0.15, -0.1) is 0 Å². The first-order valence-electron chi connectivity index (χ1n) is 9.18. The number of nitrogens with one attached hydrogen (secondary N) is 1. The fourth-order valence-corrected chi connectivity index (χ4v) is 3.32. The van der Waals surface area contributed by atoms with Crippen LogP contribution in [-0.2, 0) is 4.79 Å². The zero-order chi connectivity index (χ0) is 21.4. The number of rotatable bonds is 4. The van der Waals surface area contributed by atoms with Crippen molar-refractivity contribution in [1.29, 1.82) is 0 Å². The minimum absolute atomic E-state index is 0.176. The smallest absolute Gasteiger partial charge is 0.283 e. The molecule has 0 bridgehead atoms. The molecule has 1 N–H and O–H groups in total. The molecule has 2 aromatic carbocycles. The molecule has 4 aromatic rings. The van der Waals surface area contributed by atoms with Crippen LogP contribution in [0.1, 0.15) is 5.56 Å². The molecule has 10 heteroatoms. The van der Waals surface area contributed by atoms with Crippen LogP contribution >= 0.6 is 11.6 Å². The monoisotopic (exact) mass is 435 g/mol. The van der Waals surface area contributed by atoms with Crippen molar-refractivity contribution in [1.82, 2.24) is 19.4 Å². The largest absolute Gasteiger partial charge is 0.454 e. The third-order valence-corrected chi connectivity index (χ3v) is 4.83. The molecule has 154 valence electrons. The SMILES string of the molecule is O=C(/C=C/c1ccc2c(c1)OCO2)Nn1cnc2c(cnn2-c2cccc(Cl)c2)c1=O. The van der Waals surface area contributed by atoms with Gasteiger partial charge in [0.15, 0.2) is 17.1 Å². The van der Waals surface area contributed by atoms with Crippen molar-refractivity contribution in [3.05, 3.63) is 82.0 Å². The predicted octanol–water partition coefficient (Wildman–Crippen LogP) is 2.75. The van der Waals surface area contributed by atoms with Crippen LogP contribution in [0.5, 0.6) is 11.5 Å². The molecular weight excluding hydrogens is 422 g/mol. The van der Waals surface area contributed by atoms with Gasteiger partial charge in [0.1, 0.15) is 11.7 Å². The van der Waals surface area contributed by atoms with Gasteiger partial charge in [0, 0.05) is 11.1 Å². The summed E-state index contributed by atoms with van der Waals surface area (Å²) in [5.41, 5.74) is 3.81. The Labute approximate surface area is 180 Å². The van der Waals surface area contributed by atoms with Crippen molar-refractivity contribution >= 4 is 34.6 Å². The zero-order valence-electron chi connectivity index (χ0n) is 15.9. The van der Waals surface area contributed by atoms with E-state index in [1.54, 1.807) is 48.5 Å². The van der Waals surface area contributed by atoms with Crippen LogP contribution in [0.3, 0.4) is 0 Å². The molecule has 1 aliphatic heterocycles. The third kappa shape index (κ3) is 3.62. The highest BCUT2D eigenvalue weighted by atomic mass is 35.5. The lowest BCUT2D eigenvalue weighted by atomic mass is 10.2. The summed E-state index contributed by atoms with van der Waals surface area (Å²) in [6, 6.07) is 12.3. The first kappa shape index (κ1) is 18.9. The van der Waals surface area contributed by atoms with Gasteiger partial charge >= 0.3 is 0 Å². The molecular formula is C21H14ClN5O4. The predicted molar refractivity (Wildman–Crippen MR) is 114 cm³/mol. The number of ether oxygens (including phenoxy) is 2. The average molecular weight is 436 g/mol. The number of benzene rings is 2. The van der Waals surface area contributed by atoms with E-state index < -0.39 is 11.5 Å². The first-order valence-corrected chi connectivity index (χ1v) is 9.56. The lowest BCUT2D eigenvalue weighted by molar-refractivity contribution is -0.112. The average Bonchev–Trinajstić information content (AvgIpc) is 3.41. The topological polar surface area (TPSA) is 100 Å². The van der Waals surface area contributed by atoms with E-state index in [9.17, 15) is 9.59 Å². The van der Waals surface area contributed by atoms with E-state index in [1.807, 2.05) is 0 Å². The van der Waals surface area contributed by atoms with Crippen LogP contribution in [0.2, 0.25) is 5.02 Å². The van der Waals surface area contributed by atoms with E-state index in [0.29, 0.717) is 27.9 Å². The van der Waals surface area contributed by atoms with Gasteiger partial charge in [-0.1, -0.05) is 23.7 Å². The zero-order valence-corrected chi connectivity index (χ0v) is 16.6. The van der Waals surface area contributed by atoms with Crippen LogP contribution < -0.4 is 20.5 Å². The molecule has 0 unspecified atom stereocenters. The molecule has 0 saturated carbocycles. The molecule has 9 nitrogen and oxygen atoms in total. The molecule has 3 heterocycles. The summed E-state index contributed by atoms with van der Waals surface area (Å²) in [4.78, 5) is 29.3. The molecule has 0 radical (unpaired) electrons. The highest BCUT2D eigenvalue weighted by molar-refractivity contribution is 6.30. The fourth-order valence-electron chi connectivity index (χ4n) is 3.13. The van der Waals surface area contributed by atoms with Crippen molar-refractivity contribution in [2.75, 3.05) is 12.2 Å². The first-order chi connectivity index (χ1) is 15.1. The number of hydrogen-bond acceptors (Lipinski definition) is 6. The van der Waals surface area contributed by atoms with Gasteiger partial charge in [-0.25, -0.2) is 14.3 Å². The number of fused-ring (bicyclic) bond motifs is 2. The number of amides is 1. The molecule has 2 aromatic heterocycles. The lowest BCUT2D eigenvalue weighted by Gasteiger charge is -2.06. The summed E-state index contributed by atoms with van der Waals surface area (Å²) < 4.78 is 13.1. The molecule has 31 heavy (non-hydrogen) atoms. The van der Waals surface area contributed by atoms with E-state index >= 15 is 0 Å². The second kappa shape index (κ2) is 7.62. The summed E-state index contributed by atoms with van der Waals surface area (Å²) >= 11 is 6.03. The van der Waals surface area contributed by atoms with Crippen molar-refractivity contribution in [2.45, 2.75) is 0 Å². The molecule has 1 aliphatic rings. The highest BCUT2D eigenvalue weighted by Gasteiger charge is 2.14. The van der Waals surface area contributed by atoms with Gasteiger partial charge in [0.05, 0.1) is 11.9 Å². The Morgan fingerprint density at radius 3 is 2.90 bits per heavy atom. The maximum Gasteiger partial charge on any atom is 0.283 e. The number of carbonyl (C=O) groups excluding carboxylic acids is 1. The Kier molecular flexibility index (Phi) is 4.64. The molecule has 1 amide bonds. The molecule has 0 fully saturated rings. The molecule has 0 spiro atoms. The Morgan fingerprint density at radius 2 is 2.03 bits per heavy atom. The summed E-state index contributed by atoms with van der Waals surface area (Å²) in [5, 5.41) is 5.02. The van der Waals surface area contributed by atoms with Gasteiger partial charge in [-0.2, -0.15) is 5.10 Å². The molecule has 0 atom stereocenters. The minimum atomic E-state index is -0.497. The van der Waals surface area contributed by atoms with Crippen LogP contribution in [-0.4, -0.2) is 32.1 Å². The second-order valence-electron chi connectivity index (χ2n) is 6.62. The minimum Gasteiger partial charge on any atom is -0.454 e. The maximum atomic E-state index is 12.8. The van der Waals surface area contributed by atoms with Crippen LogP contribution in [0.25, 0.3) is 22.8 Å². The number of nitrogens with zero attached hydrogens (tertiary/aromatic N) is 4. The molecule has 5 rings (SSSR count). The standard InChI is InChI=1S/C21H14ClN5O4/c22-14-2-1-3-15(9-14)27-20-16(10-24-27)21(29)26(11-23-20)25-19(28)7-5-13-4-6-17-18(8-13)31-12-30-17/h1-11H,12H2,(H,25,28)/b7-5+. The molecule has 0 aliphatic carbocycles. The van der Waals surface area contributed by atoms with E-state index in [0.717, 1.165) is 10.2 Å². The summed E-state index contributed by atoms with van der Waals surface area (Å²) in [5.74, 6) is 0.777. The van der Waals surface area contributed by atoms with E-state index in [-0.39, 0.29) is 12.2 Å². The second-order valence-corrected chi connectivity index (χ2v) is 7.05. The van der Waals surface area contributed by atoms with E-state index in [1.165, 1.54) is 23.3 Å². The van der Waals surface area contributed by atoms with Crippen molar-refractivity contribution in [3.8, 4) is 17.2 Å². The van der Waals surface area contributed by atoms with Crippen LogP contribution in [0.4, 0.5) is 0 Å². The van der Waals surface area contributed by atoms with Crippen molar-refractivity contribution < 1.29 is 14.3 Å². The fraction of sp³-hybridized carbons (Fsp3) is 0.0476. The van der Waals surface area contributed by atoms with Crippen molar-refractivity contribution in [3.63, 3.8) is 0 Å². The Bertz CT molecular complexity index is 1410. The van der Waals surface area contributed by atoms with Crippen LogP contribution in [0, 0.1) is 0 Å². The summed E-state index contributed by atoms with van der Waals surface area (Å²) in [6.07, 6.45) is 5.55. The van der Waals surface area contributed by atoms with Crippen LogP contribution in [0.15, 0.2) is 65.9 Å². The maximum absolute atomic E-state index is 12.8. The van der Waals surface area contributed by atoms with Gasteiger partial charge in [-0.05, 0) is 42.0 Å². The van der Waals surface area contributed by atoms with Crippen molar-refractivity contribution in [2.24, 2.45) is 0 Å². The van der Waals surface area contributed by atoms with Gasteiger partial charge < -0.3 is 9.47 Å². The number of hydrogen-bond donors (Lipinski definition) is 1. The van der Waals surface area contributed by atoms with Gasteiger partial charge in [-0.3, -0.25) is 15.0 Å². The van der Waals surface area contributed by atoms with Gasteiger partial charge in [0.25, 0.3) is 11.5 Å². The Balaban J connectivity index is 1.37. The van der Waals surface area contributed by atoms with Gasteiger partial charge in [0.2, 0.25) is 6.79 Å². The van der Waals surface area contributed by atoms with E-state index in [2.05, 4.69) is 15.5 Å². The quantitative estimate of drug-likeness (QED) is 0.495. The Hall–Kier alpha value is -4.11. The lowest BCUT2D eigenvalue weighted by Crippen LogP contribution is -2.32. The summed E-state index contributed by atoms with van der Waals surface area (Å²) in [7, 11) is 0. The third-order valence-electron chi connectivity index (χ3n) is 4.60. The normalized spacial score (nSPS) is 12.5. The summed E-state index contributed by atoms with van der Waals surface area (Å²) in [6.45, 7) is 0.176. The highest BCUT2D eigenvalue weighted by Crippen LogP contribution is 2.32. The Morgan fingerprint density at radius 1 is 1.16 bits per heavy atom. The number of halogens is 1. The van der Waals surface area contributed by atoms with E-state index in [4.69, 9.17) is 21.1 Å².